The molecule has 0 unspecified atom stereocenters. The largest absolute Gasteiger partial charge is 0.452 e. The Bertz CT molecular complexity index is 568. The summed E-state index contributed by atoms with van der Waals surface area (Å²) in [6, 6.07) is 5.42. The van der Waals surface area contributed by atoms with Crippen LogP contribution in [-0.2, 0) is 14.3 Å². The number of carbonyl (C=O) groups excluding carboxylic acids is 2. The Morgan fingerprint density at radius 1 is 1.41 bits per heavy atom. The number of esters is 1. The minimum atomic E-state index is -0.903. The molecule has 0 aromatic heterocycles. The molecule has 8 heteroatoms. The van der Waals surface area contributed by atoms with Gasteiger partial charge in [0.05, 0.1) is 11.0 Å². The van der Waals surface area contributed by atoms with E-state index in [-0.39, 0.29) is 17.4 Å². The number of ether oxygens (including phenoxy) is 2. The molecule has 0 spiro atoms. The van der Waals surface area contributed by atoms with Crippen molar-refractivity contribution in [2.45, 2.75) is 18.9 Å². The average molecular weight is 308 g/mol. The molecule has 2 rings (SSSR count). The fraction of sp³-hybridized carbons (Fsp3) is 0.429. The number of amides is 1. The number of hydrogen-bond donors (Lipinski definition) is 1. The zero-order valence-corrected chi connectivity index (χ0v) is 11.8. The van der Waals surface area contributed by atoms with Crippen molar-refractivity contribution in [1.82, 2.24) is 5.32 Å². The van der Waals surface area contributed by atoms with Gasteiger partial charge in [-0.15, -0.1) is 0 Å². The molecule has 1 saturated heterocycles. The highest BCUT2D eigenvalue weighted by Gasteiger charge is 2.21. The topological polar surface area (TPSA) is 108 Å². The van der Waals surface area contributed by atoms with E-state index < -0.39 is 23.4 Å². The van der Waals surface area contributed by atoms with Crippen LogP contribution in [-0.4, -0.2) is 42.7 Å². The molecule has 0 radical (unpaired) electrons. The standard InChI is InChI=1S/C14H16N2O6/c17-13(15-8-10-4-3-7-21-10)9-22-14(18)11-5-1-2-6-12(11)16(19)20/h1-2,5-6,10H,3-4,7-9H2,(H,15,17)/t10-/m0/s1. The Labute approximate surface area is 126 Å². The number of nitrogens with one attached hydrogen (secondary N) is 1. The zero-order chi connectivity index (χ0) is 15.9. The van der Waals surface area contributed by atoms with Gasteiger partial charge in [-0.3, -0.25) is 14.9 Å². The van der Waals surface area contributed by atoms with Crippen LogP contribution in [0.25, 0.3) is 0 Å². The number of hydrogen-bond acceptors (Lipinski definition) is 6. The quantitative estimate of drug-likeness (QED) is 0.478. The fourth-order valence-electron chi connectivity index (χ4n) is 2.10. The van der Waals surface area contributed by atoms with Crippen molar-refractivity contribution in [2.75, 3.05) is 19.8 Å². The second-order valence-corrected chi connectivity index (χ2v) is 4.79. The molecule has 22 heavy (non-hydrogen) atoms. The molecule has 8 nitrogen and oxygen atoms in total. The number of carbonyl (C=O) groups is 2. The van der Waals surface area contributed by atoms with Gasteiger partial charge in [0, 0.05) is 19.2 Å². The maximum Gasteiger partial charge on any atom is 0.345 e. The fourth-order valence-corrected chi connectivity index (χ4v) is 2.10. The van der Waals surface area contributed by atoms with Crippen molar-refractivity contribution < 1.29 is 24.0 Å². The highest BCUT2D eigenvalue weighted by Crippen LogP contribution is 2.18. The summed E-state index contributed by atoms with van der Waals surface area (Å²) < 4.78 is 10.1. The lowest BCUT2D eigenvalue weighted by Crippen LogP contribution is -2.34. The first-order valence-corrected chi connectivity index (χ1v) is 6.87. The summed E-state index contributed by atoms with van der Waals surface area (Å²) in [6.07, 6.45) is 1.85. The molecule has 1 aliphatic heterocycles. The number of para-hydroxylation sites is 1. The van der Waals surface area contributed by atoms with Crippen LogP contribution in [0.5, 0.6) is 0 Å². The van der Waals surface area contributed by atoms with Crippen molar-refractivity contribution in [3.05, 3.63) is 39.9 Å². The van der Waals surface area contributed by atoms with Gasteiger partial charge in [-0.25, -0.2) is 4.79 Å². The summed E-state index contributed by atoms with van der Waals surface area (Å²) in [5.74, 6) is -1.37. The molecular weight excluding hydrogens is 292 g/mol. The van der Waals surface area contributed by atoms with Crippen LogP contribution in [0.15, 0.2) is 24.3 Å². The van der Waals surface area contributed by atoms with Gasteiger partial charge in [-0.1, -0.05) is 12.1 Å². The number of nitro benzene ring substituents is 1. The smallest absolute Gasteiger partial charge is 0.345 e. The number of benzene rings is 1. The van der Waals surface area contributed by atoms with Gasteiger partial charge in [0.15, 0.2) is 6.61 Å². The lowest BCUT2D eigenvalue weighted by Gasteiger charge is -2.11. The minimum Gasteiger partial charge on any atom is -0.452 e. The summed E-state index contributed by atoms with van der Waals surface area (Å²) in [7, 11) is 0. The van der Waals surface area contributed by atoms with Crippen LogP contribution < -0.4 is 5.32 Å². The van der Waals surface area contributed by atoms with E-state index in [0.29, 0.717) is 13.2 Å². The first-order valence-electron chi connectivity index (χ1n) is 6.87. The van der Waals surface area contributed by atoms with E-state index in [0.717, 1.165) is 12.8 Å². The third kappa shape index (κ3) is 4.26. The molecule has 1 amide bonds. The highest BCUT2D eigenvalue weighted by molar-refractivity contribution is 5.95. The van der Waals surface area contributed by atoms with E-state index in [1.165, 1.54) is 24.3 Å². The summed E-state index contributed by atoms with van der Waals surface area (Å²) >= 11 is 0. The van der Waals surface area contributed by atoms with Crippen molar-refractivity contribution in [2.24, 2.45) is 0 Å². The van der Waals surface area contributed by atoms with Crippen LogP contribution in [0.3, 0.4) is 0 Å². The third-order valence-corrected chi connectivity index (χ3v) is 3.21. The molecule has 0 saturated carbocycles. The van der Waals surface area contributed by atoms with Crippen molar-refractivity contribution in [1.29, 1.82) is 0 Å². The predicted molar refractivity (Wildman–Crippen MR) is 75.4 cm³/mol. The monoisotopic (exact) mass is 308 g/mol. The van der Waals surface area contributed by atoms with Gasteiger partial charge in [-0.05, 0) is 18.9 Å². The second kappa shape index (κ2) is 7.51. The molecule has 1 atom stereocenters. The molecule has 1 aromatic carbocycles. The SMILES string of the molecule is O=C(COC(=O)c1ccccc1[N+](=O)[O-])NC[C@@H]1CCCO1. The van der Waals surface area contributed by atoms with Crippen LogP contribution in [0.2, 0.25) is 0 Å². The number of nitro groups is 1. The third-order valence-electron chi connectivity index (χ3n) is 3.21. The van der Waals surface area contributed by atoms with Gasteiger partial charge < -0.3 is 14.8 Å². The van der Waals surface area contributed by atoms with Crippen LogP contribution in [0, 0.1) is 10.1 Å². The normalized spacial score (nSPS) is 17.0. The summed E-state index contributed by atoms with van der Waals surface area (Å²) in [5, 5.41) is 13.4. The first kappa shape index (κ1) is 15.9. The van der Waals surface area contributed by atoms with Crippen LogP contribution in [0.1, 0.15) is 23.2 Å². The van der Waals surface area contributed by atoms with Gasteiger partial charge in [0.25, 0.3) is 11.6 Å². The summed E-state index contributed by atoms with van der Waals surface area (Å²) in [4.78, 5) is 33.5. The molecule has 1 fully saturated rings. The van der Waals surface area contributed by atoms with Gasteiger partial charge in [-0.2, -0.15) is 0 Å². The Kier molecular flexibility index (Phi) is 5.42. The molecule has 1 aromatic rings. The first-order chi connectivity index (χ1) is 10.6. The number of nitrogens with zero attached hydrogens (tertiary/aromatic N) is 1. The maximum atomic E-state index is 11.8. The highest BCUT2D eigenvalue weighted by atomic mass is 16.6. The maximum absolute atomic E-state index is 11.8. The molecule has 1 aliphatic rings. The van der Waals surface area contributed by atoms with Crippen molar-refractivity contribution in [3.63, 3.8) is 0 Å². The second-order valence-electron chi connectivity index (χ2n) is 4.79. The van der Waals surface area contributed by atoms with Crippen molar-refractivity contribution >= 4 is 17.6 Å². The van der Waals surface area contributed by atoms with E-state index in [1.54, 1.807) is 0 Å². The lowest BCUT2D eigenvalue weighted by molar-refractivity contribution is -0.385. The Morgan fingerprint density at radius 2 is 2.18 bits per heavy atom. The zero-order valence-electron chi connectivity index (χ0n) is 11.8. The van der Waals surface area contributed by atoms with Crippen molar-refractivity contribution in [3.8, 4) is 0 Å². The molecule has 1 N–H and O–H groups in total. The van der Waals surface area contributed by atoms with E-state index in [2.05, 4.69) is 5.32 Å². The molecule has 118 valence electrons. The van der Waals surface area contributed by atoms with E-state index in [1.807, 2.05) is 0 Å². The van der Waals surface area contributed by atoms with E-state index >= 15 is 0 Å². The van der Waals surface area contributed by atoms with E-state index in [4.69, 9.17) is 9.47 Å². The van der Waals surface area contributed by atoms with Crippen LogP contribution in [0.4, 0.5) is 5.69 Å². The van der Waals surface area contributed by atoms with Gasteiger partial charge in [0.2, 0.25) is 0 Å². The lowest BCUT2D eigenvalue weighted by atomic mass is 10.2. The Morgan fingerprint density at radius 3 is 2.86 bits per heavy atom. The molecule has 0 bridgehead atoms. The van der Waals surface area contributed by atoms with E-state index in [9.17, 15) is 19.7 Å². The summed E-state index contributed by atoms with van der Waals surface area (Å²) in [6.45, 7) is 0.562. The molecule has 1 heterocycles. The Balaban J connectivity index is 1.82. The summed E-state index contributed by atoms with van der Waals surface area (Å²) in [5.41, 5.74) is -0.535. The molecular formula is C14H16N2O6. The average Bonchev–Trinajstić information content (AvgIpc) is 3.04. The Hall–Kier alpha value is -2.48. The molecule has 0 aliphatic carbocycles. The minimum absolute atomic E-state index is 0.00476. The number of rotatable bonds is 6. The van der Waals surface area contributed by atoms with Crippen LogP contribution >= 0.6 is 0 Å². The predicted octanol–water partition coefficient (Wildman–Crippen LogP) is 1.05. The van der Waals surface area contributed by atoms with Gasteiger partial charge in [0.1, 0.15) is 5.56 Å². The van der Waals surface area contributed by atoms with Gasteiger partial charge >= 0.3 is 5.97 Å².